The highest BCUT2D eigenvalue weighted by molar-refractivity contribution is 5.93. The van der Waals surface area contributed by atoms with Gasteiger partial charge in [-0.05, 0) is 61.9 Å². The summed E-state index contributed by atoms with van der Waals surface area (Å²) >= 11 is 0. The molecular formula is C23H29N3O3. The van der Waals surface area contributed by atoms with Crippen LogP contribution < -0.4 is 20.1 Å². The second-order valence-electron chi connectivity index (χ2n) is 7.09. The molecule has 0 saturated carbocycles. The summed E-state index contributed by atoms with van der Waals surface area (Å²) in [5.41, 5.74) is 3.76. The second-order valence-corrected chi connectivity index (χ2v) is 7.09. The van der Waals surface area contributed by atoms with Gasteiger partial charge in [0.15, 0.2) is 11.5 Å². The van der Waals surface area contributed by atoms with Crippen molar-refractivity contribution >= 4 is 11.6 Å². The molecule has 1 amide bonds. The molecule has 0 fully saturated rings. The Hall–Kier alpha value is -3.02. The summed E-state index contributed by atoms with van der Waals surface area (Å²) in [5, 5.41) is 6.30. The molecule has 1 aliphatic carbocycles. The summed E-state index contributed by atoms with van der Waals surface area (Å²) in [6.07, 6.45) is 10.1. The number of rotatable bonds is 9. The van der Waals surface area contributed by atoms with Crippen molar-refractivity contribution in [2.24, 2.45) is 0 Å². The van der Waals surface area contributed by atoms with Crippen molar-refractivity contribution < 1.29 is 14.3 Å². The Bertz CT molecular complexity index is 864. The molecule has 29 heavy (non-hydrogen) atoms. The first kappa shape index (κ1) is 20.7. The fourth-order valence-corrected chi connectivity index (χ4v) is 3.43. The van der Waals surface area contributed by atoms with E-state index in [4.69, 9.17) is 9.47 Å². The van der Waals surface area contributed by atoms with E-state index < -0.39 is 0 Å². The van der Waals surface area contributed by atoms with Gasteiger partial charge in [0.05, 0.1) is 14.2 Å². The minimum atomic E-state index is -0.210. The van der Waals surface area contributed by atoms with Crippen molar-refractivity contribution in [2.45, 2.75) is 38.6 Å². The smallest absolute Gasteiger partial charge is 0.270 e. The number of nitrogens with one attached hydrogen (secondary N) is 2. The van der Waals surface area contributed by atoms with Gasteiger partial charge in [-0.25, -0.2) is 0 Å². The minimum Gasteiger partial charge on any atom is -0.493 e. The van der Waals surface area contributed by atoms with Crippen LogP contribution in [0.25, 0.3) is 0 Å². The standard InChI is InChI=1S/C23H29N3O3/c1-28-21-9-8-18(14-22(21)29-2)16-26-23(27)20-15-19(11-13-25-20)24-12-10-17-6-4-3-5-7-17/h6,8-9,11,13-15H,3-5,7,10,12,16H2,1-2H3,(H,24,25)(H,26,27). The molecule has 0 saturated heterocycles. The largest absolute Gasteiger partial charge is 0.493 e. The molecule has 0 spiro atoms. The Morgan fingerprint density at radius 2 is 1.97 bits per heavy atom. The average molecular weight is 396 g/mol. The first-order valence-electron chi connectivity index (χ1n) is 10.1. The van der Waals surface area contributed by atoms with E-state index in [2.05, 4.69) is 21.7 Å². The highest BCUT2D eigenvalue weighted by Crippen LogP contribution is 2.27. The molecule has 1 aromatic heterocycles. The number of carbonyl (C=O) groups excluding carboxylic acids is 1. The number of nitrogens with zero attached hydrogens (tertiary/aromatic N) is 1. The molecule has 3 rings (SSSR count). The Morgan fingerprint density at radius 3 is 2.72 bits per heavy atom. The van der Waals surface area contributed by atoms with Crippen molar-refractivity contribution in [2.75, 3.05) is 26.1 Å². The lowest BCUT2D eigenvalue weighted by Crippen LogP contribution is -2.24. The number of ether oxygens (including phenoxy) is 2. The molecule has 1 aliphatic rings. The maximum Gasteiger partial charge on any atom is 0.270 e. The van der Waals surface area contributed by atoms with Crippen LogP contribution in [0, 0.1) is 0 Å². The number of aromatic nitrogens is 1. The number of benzene rings is 1. The van der Waals surface area contributed by atoms with Gasteiger partial charge in [0.25, 0.3) is 5.91 Å². The van der Waals surface area contributed by atoms with Gasteiger partial charge in [-0.1, -0.05) is 17.7 Å². The molecule has 0 radical (unpaired) electrons. The van der Waals surface area contributed by atoms with Crippen LogP contribution in [0.5, 0.6) is 11.5 Å². The van der Waals surface area contributed by atoms with Crippen LogP contribution in [0.1, 0.15) is 48.2 Å². The maximum absolute atomic E-state index is 12.5. The molecule has 0 atom stereocenters. The average Bonchev–Trinajstić information content (AvgIpc) is 2.78. The molecule has 0 bridgehead atoms. The zero-order valence-corrected chi connectivity index (χ0v) is 17.2. The Balaban J connectivity index is 1.53. The van der Waals surface area contributed by atoms with Crippen LogP contribution >= 0.6 is 0 Å². The van der Waals surface area contributed by atoms with E-state index in [9.17, 15) is 4.79 Å². The van der Waals surface area contributed by atoms with E-state index in [0.717, 1.165) is 24.2 Å². The molecule has 154 valence electrons. The van der Waals surface area contributed by atoms with Crippen molar-refractivity contribution in [3.05, 3.63) is 59.4 Å². The predicted octanol–water partition coefficient (Wildman–Crippen LogP) is 4.33. The molecule has 2 N–H and O–H groups in total. The van der Waals surface area contributed by atoms with Gasteiger partial charge >= 0.3 is 0 Å². The molecule has 6 nitrogen and oxygen atoms in total. The van der Waals surface area contributed by atoms with Crippen LogP contribution in [0.4, 0.5) is 5.69 Å². The first-order valence-corrected chi connectivity index (χ1v) is 10.1. The van der Waals surface area contributed by atoms with E-state index in [1.165, 1.54) is 31.3 Å². The van der Waals surface area contributed by atoms with Crippen LogP contribution in [-0.2, 0) is 6.54 Å². The van der Waals surface area contributed by atoms with Gasteiger partial charge < -0.3 is 20.1 Å². The number of anilines is 1. The van der Waals surface area contributed by atoms with Crippen LogP contribution in [0.15, 0.2) is 48.2 Å². The lowest BCUT2D eigenvalue weighted by molar-refractivity contribution is 0.0946. The van der Waals surface area contributed by atoms with Crippen LogP contribution in [-0.4, -0.2) is 31.7 Å². The summed E-state index contributed by atoms with van der Waals surface area (Å²) in [7, 11) is 3.19. The van der Waals surface area contributed by atoms with Gasteiger partial charge in [0.2, 0.25) is 0 Å². The van der Waals surface area contributed by atoms with Gasteiger partial charge in [-0.2, -0.15) is 0 Å². The molecule has 0 unspecified atom stereocenters. The Kier molecular flexibility index (Phi) is 7.50. The summed E-state index contributed by atoms with van der Waals surface area (Å²) in [5.74, 6) is 1.09. The maximum atomic E-state index is 12.5. The predicted molar refractivity (Wildman–Crippen MR) is 115 cm³/mol. The van der Waals surface area contributed by atoms with E-state index in [-0.39, 0.29) is 5.91 Å². The summed E-state index contributed by atoms with van der Waals surface area (Å²) in [6, 6.07) is 9.25. The zero-order valence-electron chi connectivity index (χ0n) is 17.2. The fourth-order valence-electron chi connectivity index (χ4n) is 3.43. The number of allylic oxidation sites excluding steroid dienone is 1. The topological polar surface area (TPSA) is 72.5 Å². The second kappa shape index (κ2) is 10.5. The molecular weight excluding hydrogens is 366 g/mol. The third kappa shape index (κ3) is 5.98. The molecule has 1 heterocycles. The molecule has 1 aromatic carbocycles. The summed E-state index contributed by atoms with van der Waals surface area (Å²) in [6.45, 7) is 1.25. The van der Waals surface area contributed by atoms with Gasteiger partial charge in [-0.3, -0.25) is 9.78 Å². The van der Waals surface area contributed by atoms with E-state index in [1.807, 2.05) is 24.3 Å². The molecule has 6 heteroatoms. The number of methoxy groups -OCH3 is 2. The van der Waals surface area contributed by atoms with E-state index in [0.29, 0.717) is 23.7 Å². The highest BCUT2D eigenvalue weighted by atomic mass is 16.5. The van der Waals surface area contributed by atoms with E-state index >= 15 is 0 Å². The number of pyridine rings is 1. The normalized spacial score (nSPS) is 13.4. The fraction of sp³-hybridized carbons (Fsp3) is 0.391. The number of carbonyl (C=O) groups is 1. The van der Waals surface area contributed by atoms with Crippen molar-refractivity contribution in [1.82, 2.24) is 10.3 Å². The summed E-state index contributed by atoms with van der Waals surface area (Å²) < 4.78 is 10.5. The van der Waals surface area contributed by atoms with Gasteiger partial charge in [0, 0.05) is 25.0 Å². The summed E-state index contributed by atoms with van der Waals surface area (Å²) in [4.78, 5) is 16.7. The third-order valence-electron chi connectivity index (χ3n) is 5.05. The number of amides is 1. The molecule has 2 aromatic rings. The first-order chi connectivity index (χ1) is 14.2. The van der Waals surface area contributed by atoms with Crippen LogP contribution in [0.3, 0.4) is 0 Å². The Morgan fingerprint density at radius 1 is 1.10 bits per heavy atom. The van der Waals surface area contributed by atoms with Gasteiger partial charge in [-0.15, -0.1) is 0 Å². The van der Waals surface area contributed by atoms with Crippen molar-refractivity contribution in [1.29, 1.82) is 0 Å². The van der Waals surface area contributed by atoms with Crippen LogP contribution in [0.2, 0.25) is 0 Å². The van der Waals surface area contributed by atoms with Crippen molar-refractivity contribution in [3.8, 4) is 11.5 Å². The zero-order chi connectivity index (χ0) is 20.5. The third-order valence-corrected chi connectivity index (χ3v) is 5.05. The van der Waals surface area contributed by atoms with Crippen molar-refractivity contribution in [3.63, 3.8) is 0 Å². The lowest BCUT2D eigenvalue weighted by Gasteiger charge is -2.14. The Labute approximate surface area is 172 Å². The lowest BCUT2D eigenvalue weighted by atomic mass is 9.97. The van der Waals surface area contributed by atoms with Gasteiger partial charge in [0.1, 0.15) is 5.69 Å². The SMILES string of the molecule is COc1ccc(CNC(=O)c2cc(NCCC3=CCCCC3)ccn2)cc1OC. The van der Waals surface area contributed by atoms with E-state index in [1.54, 1.807) is 26.5 Å². The number of hydrogen-bond donors (Lipinski definition) is 2. The quantitative estimate of drug-likeness (QED) is 0.618. The molecule has 0 aliphatic heterocycles. The monoisotopic (exact) mass is 395 g/mol. The number of hydrogen-bond acceptors (Lipinski definition) is 5. The minimum absolute atomic E-state index is 0.210. The highest BCUT2D eigenvalue weighted by Gasteiger charge is 2.10.